The van der Waals surface area contributed by atoms with Crippen LogP contribution in [0.25, 0.3) is 44.6 Å². The lowest BCUT2D eigenvalue weighted by atomic mass is 10.1. The number of fused-ring (bicyclic) bond motifs is 2. The molecule has 7 rings (SSSR count). The number of likely N-dealkylation sites (N-methyl/N-ethyl adjacent to an activating group) is 1. The van der Waals surface area contributed by atoms with Crippen molar-refractivity contribution in [3.05, 3.63) is 84.9 Å². The van der Waals surface area contributed by atoms with Crippen molar-refractivity contribution in [3.63, 3.8) is 0 Å². The molecule has 9 nitrogen and oxygen atoms in total. The summed E-state index contributed by atoms with van der Waals surface area (Å²) in [5.74, 6) is 0.702. The summed E-state index contributed by atoms with van der Waals surface area (Å²) in [6, 6.07) is 18.5. The van der Waals surface area contributed by atoms with Crippen LogP contribution in [-0.2, 0) is 13.7 Å². The van der Waals surface area contributed by atoms with Crippen LogP contribution in [-0.4, -0.2) is 67.8 Å². The highest BCUT2D eigenvalue weighted by atomic mass is 16.5. The van der Waals surface area contributed by atoms with Crippen LogP contribution < -0.4 is 9.64 Å². The molecule has 0 amide bonds. The van der Waals surface area contributed by atoms with Crippen molar-refractivity contribution in [2.24, 2.45) is 7.05 Å². The van der Waals surface area contributed by atoms with Gasteiger partial charge in [-0.1, -0.05) is 30.3 Å². The van der Waals surface area contributed by atoms with Gasteiger partial charge in [-0.3, -0.25) is 14.6 Å². The quantitative estimate of drug-likeness (QED) is 0.328. The van der Waals surface area contributed by atoms with Gasteiger partial charge in [0.15, 0.2) is 0 Å². The Morgan fingerprint density at radius 3 is 2.58 bits per heavy atom. The fourth-order valence-corrected chi connectivity index (χ4v) is 5.35. The van der Waals surface area contributed by atoms with Gasteiger partial charge in [0.2, 0.25) is 0 Å². The number of aromatic amines is 1. The van der Waals surface area contributed by atoms with E-state index in [-0.39, 0.29) is 0 Å². The number of nitrogens with zero attached hydrogens (tertiary/aromatic N) is 7. The van der Waals surface area contributed by atoms with Gasteiger partial charge in [0, 0.05) is 67.6 Å². The highest BCUT2D eigenvalue weighted by molar-refractivity contribution is 5.99. The van der Waals surface area contributed by atoms with Crippen molar-refractivity contribution >= 4 is 27.6 Å². The van der Waals surface area contributed by atoms with E-state index in [2.05, 4.69) is 50.0 Å². The van der Waals surface area contributed by atoms with E-state index in [0.29, 0.717) is 12.4 Å². The van der Waals surface area contributed by atoms with Crippen LogP contribution in [0.2, 0.25) is 0 Å². The number of benzene rings is 1. The number of ether oxygens (including phenoxy) is 1. The average Bonchev–Trinajstić information content (AvgIpc) is 3.58. The first-order valence-electron chi connectivity index (χ1n) is 13.5. The summed E-state index contributed by atoms with van der Waals surface area (Å²) in [6.07, 6.45) is 7.30. The van der Waals surface area contributed by atoms with Crippen LogP contribution in [0.15, 0.2) is 79.4 Å². The zero-order valence-corrected chi connectivity index (χ0v) is 22.6. The molecule has 6 aromatic rings. The van der Waals surface area contributed by atoms with E-state index in [9.17, 15) is 0 Å². The Labute approximate surface area is 232 Å². The van der Waals surface area contributed by atoms with E-state index in [4.69, 9.17) is 14.8 Å². The number of pyridine rings is 3. The van der Waals surface area contributed by atoms with Crippen molar-refractivity contribution in [1.82, 2.24) is 34.6 Å². The van der Waals surface area contributed by atoms with Gasteiger partial charge in [-0.2, -0.15) is 5.10 Å². The molecule has 0 bridgehead atoms. The summed E-state index contributed by atoms with van der Waals surface area (Å²) >= 11 is 0. The van der Waals surface area contributed by atoms with Crippen molar-refractivity contribution in [1.29, 1.82) is 0 Å². The van der Waals surface area contributed by atoms with Gasteiger partial charge in [0.1, 0.15) is 23.7 Å². The summed E-state index contributed by atoms with van der Waals surface area (Å²) in [5.41, 5.74) is 7.64. The minimum absolute atomic E-state index is 0.482. The standard InChI is InChI=1S/C31H30N8O/c1-37-10-12-39(13-11-37)28-8-9-33-31-25(28)16-27(35-31)30-24-15-26(34-19-29(24)38(2)36-30)22-14-23(18-32-17-22)40-20-21-6-4-3-5-7-21/h3-9,14-19H,10-13,20H2,1-2H3,(H,33,35). The molecule has 200 valence electrons. The Kier molecular flexibility index (Phi) is 6.13. The highest BCUT2D eigenvalue weighted by Gasteiger charge is 2.20. The molecule has 1 saturated heterocycles. The van der Waals surface area contributed by atoms with Crippen LogP contribution in [0.5, 0.6) is 5.75 Å². The maximum atomic E-state index is 6.01. The fraction of sp³-hybridized carbons (Fsp3) is 0.226. The molecular formula is C31H30N8O. The number of rotatable bonds is 6. The molecule has 1 N–H and O–H groups in total. The van der Waals surface area contributed by atoms with Gasteiger partial charge in [-0.05, 0) is 36.9 Å². The molecular weight excluding hydrogens is 500 g/mol. The summed E-state index contributed by atoms with van der Waals surface area (Å²) in [4.78, 5) is 22.1. The van der Waals surface area contributed by atoms with E-state index >= 15 is 0 Å². The number of aromatic nitrogens is 6. The predicted molar refractivity (Wildman–Crippen MR) is 157 cm³/mol. The van der Waals surface area contributed by atoms with Crippen molar-refractivity contribution < 1.29 is 4.74 Å². The number of H-pyrrole nitrogens is 1. The molecule has 6 heterocycles. The molecule has 1 aliphatic heterocycles. The van der Waals surface area contributed by atoms with Crippen LogP contribution in [0, 0.1) is 0 Å². The van der Waals surface area contributed by atoms with Crippen LogP contribution in [0.1, 0.15) is 5.56 Å². The summed E-state index contributed by atoms with van der Waals surface area (Å²) < 4.78 is 7.89. The Morgan fingerprint density at radius 2 is 1.73 bits per heavy atom. The Bertz CT molecular complexity index is 1800. The van der Waals surface area contributed by atoms with Crippen molar-refractivity contribution in [2.75, 3.05) is 38.1 Å². The van der Waals surface area contributed by atoms with Crippen molar-refractivity contribution in [2.45, 2.75) is 6.61 Å². The van der Waals surface area contributed by atoms with E-state index in [1.807, 2.05) is 66.7 Å². The van der Waals surface area contributed by atoms with E-state index in [0.717, 1.165) is 76.3 Å². The number of hydrogen-bond donors (Lipinski definition) is 1. The molecule has 0 unspecified atom stereocenters. The minimum Gasteiger partial charge on any atom is -0.487 e. The number of piperazine rings is 1. The second-order valence-electron chi connectivity index (χ2n) is 10.3. The molecule has 0 atom stereocenters. The molecule has 1 aliphatic rings. The number of hydrogen-bond acceptors (Lipinski definition) is 7. The second kappa shape index (κ2) is 10.1. The lowest BCUT2D eigenvalue weighted by molar-refractivity contribution is 0.305. The third kappa shape index (κ3) is 4.54. The van der Waals surface area contributed by atoms with Crippen LogP contribution >= 0.6 is 0 Å². The molecule has 0 saturated carbocycles. The first-order chi connectivity index (χ1) is 19.6. The van der Waals surface area contributed by atoms with Gasteiger partial charge in [-0.15, -0.1) is 0 Å². The lowest BCUT2D eigenvalue weighted by Gasteiger charge is -2.34. The molecule has 0 radical (unpaired) electrons. The average molecular weight is 531 g/mol. The number of aryl methyl sites for hydroxylation is 1. The minimum atomic E-state index is 0.482. The third-order valence-corrected chi connectivity index (χ3v) is 7.60. The first-order valence-corrected chi connectivity index (χ1v) is 13.5. The van der Waals surface area contributed by atoms with Crippen LogP contribution in [0.3, 0.4) is 0 Å². The molecule has 9 heteroatoms. The lowest BCUT2D eigenvalue weighted by Crippen LogP contribution is -2.44. The fourth-order valence-electron chi connectivity index (χ4n) is 5.35. The largest absolute Gasteiger partial charge is 0.487 e. The maximum absolute atomic E-state index is 6.01. The normalized spacial score (nSPS) is 14.3. The number of nitrogens with one attached hydrogen (secondary N) is 1. The molecule has 0 aliphatic carbocycles. The van der Waals surface area contributed by atoms with E-state index in [1.54, 1.807) is 6.20 Å². The maximum Gasteiger partial charge on any atom is 0.139 e. The predicted octanol–water partition coefficient (Wildman–Crippen LogP) is 4.90. The Morgan fingerprint density at radius 1 is 0.875 bits per heavy atom. The van der Waals surface area contributed by atoms with Crippen molar-refractivity contribution in [3.8, 4) is 28.4 Å². The van der Waals surface area contributed by atoms with Gasteiger partial charge >= 0.3 is 0 Å². The molecule has 5 aromatic heterocycles. The summed E-state index contributed by atoms with van der Waals surface area (Å²) in [5, 5.41) is 7.00. The molecule has 0 spiro atoms. The van der Waals surface area contributed by atoms with E-state index < -0.39 is 0 Å². The topological polar surface area (TPSA) is 88.0 Å². The highest BCUT2D eigenvalue weighted by Crippen LogP contribution is 2.34. The molecule has 1 fully saturated rings. The first kappa shape index (κ1) is 24.3. The Balaban J connectivity index is 1.23. The van der Waals surface area contributed by atoms with E-state index in [1.165, 1.54) is 5.69 Å². The second-order valence-corrected chi connectivity index (χ2v) is 10.3. The van der Waals surface area contributed by atoms with Gasteiger partial charge < -0.3 is 19.5 Å². The zero-order valence-electron chi connectivity index (χ0n) is 22.6. The monoisotopic (exact) mass is 530 g/mol. The summed E-state index contributed by atoms with van der Waals surface area (Å²) in [7, 11) is 4.12. The molecule has 1 aromatic carbocycles. The smallest absolute Gasteiger partial charge is 0.139 e. The molecule has 40 heavy (non-hydrogen) atoms. The van der Waals surface area contributed by atoms with Gasteiger partial charge in [-0.25, -0.2) is 4.98 Å². The summed E-state index contributed by atoms with van der Waals surface area (Å²) in [6.45, 7) is 4.58. The van der Waals surface area contributed by atoms with Gasteiger partial charge in [0.25, 0.3) is 0 Å². The van der Waals surface area contributed by atoms with Gasteiger partial charge in [0.05, 0.1) is 29.3 Å². The zero-order chi connectivity index (χ0) is 27.1. The van der Waals surface area contributed by atoms with Crippen LogP contribution in [0.4, 0.5) is 5.69 Å². The SMILES string of the molecule is CN1CCN(c2ccnc3[nH]c(-c4nn(C)c5cnc(-c6cncc(OCc7ccccc7)c6)cc45)cc23)CC1. The third-order valence-electron chi connectivity index (χ3n) is 7.60. The Hall–Kier alpha value is -4.76. The number of anilines is 1.